The number of amidine groups is 1. The van der Waals surface area contributed by atoms with Gasteiger partial charge in [0, 0.05) is 10.6 Å². The minimum atomic E-state index is -0.854. The number of carbonyl (C=O) groups is 1. The predicted molar refractivity (Wildman–Crippen MR) is 88.6 cm³/mol. The molecule has 0 aliphatic carbocycles. The van der Waals surface area contributed by atoms with Crippen LogP contribution in [0.15, 0.2) is 46.0 Å². The summed E-state index contributed by atoms with van der Waals surface area (Å²) in [6.45, 7) is 3.51. The number of rotatable bonds is 7. The third-order valence-electron chi connectivity index (χ3n) is 2.50. The number of esters is 1. The zero-order chi connectivity index (χ0) is 17.2. The highest BCUT2D eigenvalue weighted by Gasteiger charge is 2.22. The van der Waals surface area contributed by atoms with Gasteiger partial charge in [0.25, 0.3) is 5.95 Å². The number of aliphatic hydroxyl groups excluding tert-OH is 1. The van der Waals surface area contributed by atoms with Gasteiger partial charge in [-0.05, 0) is 19.9 Å². The normalized spacial score (nSPS) is 12.9. The molecule has 1 aromatic rings. The molecule has 7 nitrogen and oxygen atoms in total. The highest BCUT2D eigenvalue weighted by atomic mass is 35.5. The van der Waals surface area contributed by atoms with Crippen LogP contribution in [-0.2, 0) is 14.3 Å². The first-order valence-corrected chi connectivity index (χ1v) is 7.23. The highest BCUT2D eigenvalue weighted by Crippen LogP contribution is 2.12. The molecule has 0 radical (unpaired) electrons. The fourth-order valence-corrected chi connectivity index (χ4v) is 1.68. The SMILES string of the molecule is CCOC(=O)C(/C(N)=N/N=Cc1ccccc1Cl)=C(/O)OCC. The van der Waals surface area contributed by atoms with E-state index in [1.165, 1.54) is 6.21 Å². The Morgan fingerprint density at radius 3 is 2.57 bits per heavy atom. The van der Waals surface area contributed by atoms with Crippen molar-refractivity contribution in [2.45, 2.75) is 13.8 Å². The second kappa shape index (κ2) is 9.47. The lowest BCUT2D eigenvalue weighted by Crippen LogP contribution is -2.25. The number of hydrogen-bond acceptors (Lipinski definition) is 6. The molecule has 8 heteroatoms. The Bertz CT molecular complexity index is 641. The summed E-state index contributed by atoms with van der Waals surface area (Å²) in [6, 6.07) is 6.99. The van der Waals surface area contributed by atoms with E-state index in [-0.39, 0.29) is 24.6 Å². The summed E-state index contributed by atoms with van der Waals surface area (Å²) in [5.74, 6) is -1.86. The molecule has 0 aliphatic rings. The van der Waals surface area contributed by atoms with E-state index in [9.17, 15) is 9.90 Å². The van der Waals surface area contributed by atoms with Gasteiger partial charge in [0.05, 0.1) is 19.4 Å². The monoisotopic (exact) mass is 339 g/mol. The number of nitrogens with zero attached hydrogens (tertiary/aromatic N) is 2. The fourth-order valence-electron chi connectivity index (χ4n) is 1.50. The van der Waals surface area contributed by atoms with Crippen molar-refractivity contribution in [1.29, 1.82) is 0 Å². The Morgan fingerprint density at radius 1 is 1.30 bits per heavy atom. The van der Waals surface area contributed by atoms with E-state index in [0.29, 0.717) is 10.6 Å². The van der Waals surface area contributed by atoms with Gasteiger partial charge in [0.1, 0.15) is 0 Å². The van der Waals surface area contributed by atoms with Gasteiger partial charge in [-0.2, -0.15) is 5.10 Å². The zero-order valence-corrected chi connectivity index (χ0v) is 13.6. The zero-order valence-electron chi connectivity index (χ0n) is 12.8. The van der Waals surface area contributed by atoms with E-state index < -0.39 is 11.9 Å². The minimum Gasteiger partial charge on any atom is -0.480 e. The molecule has 1 aromatic carbocycles. The summed E-state index contributed by atoms with van der Waals surface area (Å²) in [7, 11) is 0. The van der Waals surface area contributed by atoms with Crippen LogP contribution in [-0.4, -0.2) is 36.3 Å². The second-order valence-corrected chi connectivity index (χ2v) is 4.49. The van der Waals surface area contributed by atoms with Crippen molar-refractivity contribution in [1.82, 2.24) is 0 Å². The van der Waals surface area contributed by atoms with Gasteiger partial charge in [0.15, 0.2) is 11.4 Å². The second-order valence-electron chi connectivity index (χ2n) is 4.08. The Balaban J connectivity index is 3.05. The molecule has 0 amide bonds. The number of halogens is 1. The van der Waals surface area contributed by atoms with E-state index in [1.807, 2.05) is 0 Å². The fraction of sp³-hybridized carbons (Fsp3) is 0.267. The summed E-state index contributed by atoms with van der Waals surface area (Å²) in [5, 5.41) is 17.7. The number of aliphatic hydroxyl groups is 1. The quantitative estimate of drug-likeness (QED) is 0.198. The standard InChI is InChI=1S/C15H18ClN3O4/c1-3-22-14(20)12(15(21)23-4-2)13(17)19-18-9-10-7-5-6-8-11(10)16/h5-9,20H,3-4H2,1-2H3,(H2,17,19)/b14-12-,18-9?. The van der Waals surface area contributed by atoms with E-state index in [1.54, 1.807) is 38.1 Å². The van der Waals surface area contributed by atoms with Crippen molar-refractivity contribution >= 4 is 29.6 Å². The van der Waals surface area contributed by atoms with Crippen molar-refractivity contribution in [3.63, 3.8) is 0 Å². The summed E-state index contributed by atoms with van der Waals surface area (Å²) >= 11 is 5.97. The van der Waals surface area contributed by atoms with Gasteiger partial charge in [-0.15, -0.1) is 5.10 Å². The summed E-state index contributed by atoms with van der Waals surface area (Å²) in [5.41, 5.74) is 5.93. The lowest BCUT2D eigenvalue weighted by molar-refractivity contribution is -0.138. The molecule has 124 valence electrons. The average molecular weight is 340 g/mol. The van der Waals surface area contributed by atoms with Crippen molar-refractivity contribution in [2.24, 2.45) is 15.9 Å². The molecule has 23 heavy (non-hydrogen) atoms. The number of benzene rings is 1. The maximum absolute atomic E-state index is 11.8. The minimum absolute atomic E-state index is 0.109. The molecule has 0 unspecified atom stereocenters. The van der Waals surface area contributed by atoms with Crippen LogP contribution >= 0.6 is 11.6 Å². The van der Waals surface area contributed by atoms with Crippen LogP contribution in [0.4, 0.5) is 0 Å². The largest absolute Gasteiger partial charge is 0.480 e. The number of hydrogen-bond donors (Lipinski definition) is 2. The molecule has 0 bridgehead atoms. The van der Waals surface area contributed by atoms with Gasteiger partial charge < -0.3 is 20.3 Å². The van der Waals surface area contributed by atoms with Gasteiger partial charge in [-0.3, -0.25) is 0 Å². The molecular formula is C15H18ClN3O4. The van der Waals surface area contributed by atoms with Crippen LogP contribution in [0.1, 0.15) is 19.4 Å². The van der Waals surface area contributed by atoms with E-state index >= 15 is 0 Å². The number of nitrogens with two attached hydrogens (primary N) is 1. The summed E-state index contributed by atoms with van der Waals surface area (Å²) in [6.07, 6.45) is 1.37. The topological polar surface area (TPSA) is 107 Å². The Labute approximate surface area is 139 Å². The number of carbonyl (C=O) groups excluding carboxylic acids is 1. The van der Waals surface area contributed by atoms with Gasteiger partial charge in [-0.25, -0.2) is 4.79 Å². The first kappa shape index (κ1) is 18.5. The number of ether oxygens (including phenoxy) is 2. The first-order chi connectivity index (χ1) is 11.0. The van der Waals surface area contributed by atoms with Crippen molar-refractivity contribution in [2.75, 3.05) is 13.2 Å². The van der Waals surface area contributed by atoms with E-state index in [0.717, 1.165) is 0 Å². The molecule has 0 fully saturated rings. The molecule has 0 saturated carbocycles. The highest BCUT2D eigenvalue weighted by molar-refractivity contribution is 6.33. The average Bonchev–Trinajstić information content (AvgIpc) is 2.50. The van der Waals surface area contributed by atoms with Crippen molar-refractivity contribution < 1.29 is 19.4 Å². The molecule has 0 aromatic heterocycles. The van der Waals surface area contributed by atoms with Crippen LogP contribution in [0.5, 0.6) is 0 Å². The van der Waals surface area contributed by atoms with Crippen molar-refractivity contribution in [3.8, 4) is 0 Å². The smallest absolute Gasteiger partial charge is 0.349 e. The van der Waals surface area contributed by atoms with Crippen LogP contribution in [0.25, 0.3) is 0 Å². The van der Waals surface area contributed by atoms with Crippen LogP contribution < -0.4 is 5.73 Å². The Morgan fingerprint density at radius 2 is 1.96 bits per heavy atom. The maximum atomic E-state index is 11.8. The predicted octanol–water partition coefficient (Wildman–Crippen LogP) is 2.40. The lowest BCUT2D eigenvalue weighted by atomic mass is 10.2. The molecule has 0 heterocycles. The summed E-state index contributed by atoms with van der Waals surface area (Å²) < 4.78 is 9.68. The van der Waals surface area contributed by atoms with Gasteiger partial charge in [-0.1, -0.05) is 29.8 Å². The molecule has 0 atom stereocenters. The van der Waals surface area contributed by atoms with Crippen LogP contribution in [0.2, 0.25) is 5.02 Å². The maximum Gasteiger partial charge on any atom is 0.349 e. The third-order valence-corrected chi connectivity index (χ3v) is 2.84. The lowest BCUT2D eigenvalue weighted by Gasteiger charge is -2.08. The Hall–Kier alpha value is -2.54. The molecular weight excluding hydrogens is 322 g/mol. The third kappa shape index (κ3) is 5.63. The first-order valence-electron chi connectivity index (χ1n) is 6.85. The molecule has 3 N–H and O–H groups in total. The molecule has 0 aliphatic heterocycles. The Kier molecular flexibility index (Phi) is 7.62. The van der Waals surface area contributed by atoms with Gasteiger partial charge in [0.2, 0.25) is 0 Å². The van der Waals surface area contributed by atoms with E-state index in [2.05, 4.69) is 10.2 Å². The van der Waals surface area contributed by atoms with Crippen LogP contribution in [0, 0.1) is 0 Å². The van der Waals surface area contributed by atoms with E-state index in [4.69, 9.17) is 26.8 Å². The van der Waals surface area contributed by atoms with Crippen LogP contribution in [0.3, 0.4) is 0 Å². The van der Waals surface area contributed by atoms with Crippen molar-refractivity contribution in [3.05, 3.63) is 46.4 Å². The molecule has 1 rings (SSSR count). The molecule has 0 spiro atoms. The van der Waals surface area contributed by atoms with Gasteiger partial charge >= 0.3 is 5.97 Å². The molecule has 0 saturated heterocycles. The summed E-state index contributed by atoms with van der Waals surface area (Å²) in [4.78, 5) is 11.8.